The molecule has 17 heavy (non-hydrogen) atoms. The highest BCUT2D eigenvalue weighted by Crippen LogP contribution is 2.12. The van der Waals surface area contributed by atoms with Crippen molar-refractivity contribution in [1.29, 1.82) is 0 Å². The minimum Gasteiger partial charge on any atom is -0.475 e. The van der Waals surface area contributed by atoms with Crippen molar-refractivity contribution in [2.24, 2.45) is 0 Å². The summed E-state index contributed by atoms with van der Waals surface area (Å²) in [5.41, 5.74) is 2.38. The molecule has 0 atom stereocenters. The van der Waals surface area contributed by atoms with Crippen molar-refractivity contribution in [3.63, 3.8) is 0 Å². The van der Waals surface area contributed by atoms with Gasteiger partial charge in [-0.1, -0.05) is 31.2 Å². The number of aryl methyl sites for hydroxylation is 1. The van der Waals surface area contributed by atoms with Gasteiger partial charge in [-0.3, -0.25) is 0 Å². The van der Waals surface area contributed by atoms with Crippen LogP contribution < -0.4 is 0 Å². The van der Waals surface area contributed by atoms with Crippen molar-refractivity contribution in [2.45, 2.75) is 19.8 Å². The van der Waals surface area contributed by atoms with Gasteiger partial charge in [0.1, 0.15) is 5.82 Å². The van der Waals surface area contributed by atoms with E-state index in [1.807, 2.05) is 18.2 Å². The van der Waals surface area contributed by atoms with E-state index in [1.54, 1.807) is 0 Å². The molecule has 0 unspecified atom stereocenters. The van der Waals surface area contributed by atoms with Crippen molar-refractivity contribution >= 4 is 5.97 Å². The summed E-state index contributed by atoms with van der Waals surface area (Å²) < 4.78 is 0. The molecule has 0 aliphatic carbocycles. The second-order valence-electron chi connectivity index (χ2n) is 3.72. The number of nitrogens with one attached hydrogen (secondary N) is 1. The van der Waals surface area contributed by atoms with E-state index in [4.69, 9.17) is 5.11 Å². The van der Waals surface area contributed by atoms with Crippen LogP contribution in [0.2, 0.25) is 0 Å². The Hall–Kier alpha value is -2.17. The number of aromatic amines is 1. The van der Waals surface area contributed by atoms with Crippen LogP contribution in [0.3, 0.4) is 0 Å². The van der Waals surface area contributed by atoms with E-state index in [0.29, 0.717) is 12.2 Å². The van der Waals surface area contributed by atoms with Gasteiger partial charge in [0.2, 0.25) is 5.82 Å². The first-order chi connectivity index (χ1) is 8.20. The molecule has 88 valence electrons. The quantitative estimate of drug-likeness (QED) is 0.838. The Morgan fingerprint density at radius 2 is 2.00 bits per heavy atom. The maximum Gasteiger partial charge on any atom is 0.373 e. The van der Waals surface area contributed by atoms with Gasteiger partial charge in [0.05, 0.1) is 0 Å². The average molecular weight is 231 g/mol. The first-order valence-electron chi connectivity index (χ1n) is 5.42. The number of aromatic nitrogens is 3. The molecule has 0 spiro atoms. The summed E-state index contributed by atoms with van der Waals surface area (Å²) in [6.07, 6.45) is 1.51. The molecule has 5 heteroatoms. The smallest absolute Gasteiger partial charge is 0.373 e. The lowest BCUT2D eigenvalue weighted by atomic mass is 10.0. The van der Waals surface area contributed by atoms with E-state index in [1.165, 1.54) is 5.56 Å². The summed E-state index contributed by atoms with van der Waals surface area (Å²) in [5.74, 6) is -0.634. The van der Waals surface area contributed by atoms with Crippen molar-refractivity contribution in [1.82, 2.24) is 15.2 Å². The molecule has 2 rings (SSSR count). The van der Waals surface area contributed by atoms with Gasteiger partial charge in [-0.05, 0) is 17.5 Å². The standard InChI is InChI=1S/C12H13N3O2/c1-2-8-5-3-4-6-9(8)7-10-13-11(12(16)17)15-14-10/h3-6H,2,7H2,1H3,(H,16,17)(H,13,14,15). The SMILES string of the molecule is CCc1ccccc1Cc1nnc(C(=O)O)[nH]1. The molecule has 0 saturated carbocycles. The zero-order chi connectivity index (χ0) is 12.3. The molecule has 0 aliphatic heterocycles. The highest BCUT2D eigenvalue weighted by atomic mass is 16.4. The Labute approximate surface area is 98.5 Å². The molecular weight excluding hydrogens is 218 g/mol. The summed E-state index contributed by atoms with van der Waals surface area (Å²) in [4.78, 5) is 13.3. The monoisotopic (exact) mass is 231 g/mol. The number of rotatable bonds is 4. The van der Waals surface area contributed by atoms with E-state index >= 15 is 0 Å². The lowest BCUT2D eigenvalue weighted by molar-refractivity contribution is 0.0684. The van der Waals surface area contributed by atoms with Crippen molar-refractivity contribution in [3.05, 3.63) is 47.0 Å². The molecule has 0 fully saturated rings. The van der Waals surface area contributed by atoms with Crippen LogP contribution in [0.4, 0.5) is 0 Å². The van der Waals surface area contributed by atoms with Gasteiger partial charge in [-0.25, -0.2) is 4.79 Å². The molecular formula is C12H13N3O2. The number of hydrogen-bond donors (Lipinski definition) is 2. The number of hydrogen-bond acceptors (Lipinski definition) is 3. The van der Waals surface area contributed by atoms with Gasteiger partial charge < -0.3 is 10.1 Å². The highest BCUT2D eigenvalue weighted by Gasteiger charge is 2.10. The van der Waals surface area contributed by atoms with E-state index in [2.05, 4.69) is 28.2 Å². The number of benzene rings is 1. The summed E-state index contributed by atoms with van der Waals surface area (Å²) in [7, 11) is 0. The third-order valence-electron chi connectivity index (χ3n) is 2.59. The van der Waals surface area contributed by atoms with Crippen molar-refractivity contribution < 1.29 is 9.90 Å². The van der Waals surface area contributed by atoms with Gasteiger partial charge in [-0.15, -0.1) is 10.2 Å². The minimum absolute atomic E-state index is 0.117. The number of aromatic carboxylic acids is 1. The number of nitrogens with zero attached hydrogens (tertiary/aromatic N) is 2. The predicted octanol–water partition coefficient (Wildman–Crippen LogP) is 1.66. The molecule has 5 nitrogen and oxygen atoms in total. The Bertz CT molecular complexity index is 534. The van der Waals surface area contributed by atoms with Crippen LogP contribution in [-0.4, -0.2) is 26.3 Å². The maximum atomic E-state index is 10.7. The fourth-order valence-corrected chi connectivity index (χ4v) is 1.73. The first kappa shape index (κ1) is 11.3. The fourth-order valence-electron chi connectivity index (χ4n) is 1.73. The zero-order valence-electron chi connectivity index (χ0n) is 9.47. The van der Waals surface area contributed by atoms with Gasteiger partial charge in [0.15, 0.2) is 0 Å². The second-order valence-corrected chi connectivity index (χ2v) is 3.72. The Morgan fingerprint density at radius 3 is 2.59 bits per heavy atom. The summed E-state index contributed by atoms with van der Waals surface area (Å²) in [6, 6.07) is 8.03. The average Bonchev–Trinajstić information content (AvgIpc) is 2.78. The van der Waals surface area contributed by atoms with Gasteiger partial charge in [0, 0.05) is 6.42 Å². The molecule has 2 N–H and O–H groups in total. The maximum absolute atomic E-state index is 10.7. The van der Waals surface area contributed by atoms with Crippen LogP contribution in [0.5, 0.6) is 0 Å². The largest absolute Gasteiger partial charge is 0.475 e. The number of carbonyl (C=O) groups is 1. The Morgan fingerprint density at radius 1 is 1.29 bits per heavy atom. The van der Waals surface area contributed by atoms with Crippen molar-refractivity contribution in [3.8, 4) is 0 Å². The number of H-pyrrole nitrogens is 1. The lowest BCUT2D eigenvalue weighted by Gasteiger charge is -2.04. The fraction of sp³-hybridized carbons (Fsp3) is 0.250. The normalized spacial score (nSPS) is 10.4. The van der Waals surface area contributed by atoms with Crippen LogP contribution >= 0.6 is 0 Å². The van der Waals surface area contributed by atoms with E-state index in [-0.39, 0.29) is 5.82 Å². The summed E-state index contributed by atoms with van der Waals surface area (Å²) >= 11 is 0. The topological polar surface area (TPSA) is 78.9 Å². The first-order valence-corrected chi connectivity index (χ1v) is 5.42. The van der Waals surface area contributed by atoms with Crippen LogP contribution in [0.1, 0.15) is 34.5 Å². The number of carboxylic acids is 1. The Balaban J connectivity index is 2.22. The van der Waals surface area contributed by atoms with E-state index < -0.39 is 5.97 Å². The third kappa shape index (κ3) is 2.50. The molecule has 1 aromatic carbocycles. The summed E-state index contributed by atoms with van der Waals surface area (Å²) in [6.45, 7) is 2.09. The van der Waals surface area contributed by atoms with Gasteiger partial charge >= 0.3 is 5.97 Å². The molecule has 0 radical (unpaired) electrons. The molecule has 0 saturated heterocycles. The predicted molar refractivity (Wildman–Crippen MR) is 62.0 cm³/mol. The molecule has 0 aliphatic rings. The molecule has 0 bridgehead atoms. The Kier molecular flexibility index (Phi) is 3.18. The zero-order valence-corrected chi connectivity index (χ0v) is 9.47. The van der Waals surface area contributed by atoms with E-state index in [9.17, 15) is 4.79 Å². The minimum atomic E-state index is -1.09. The van der Waals surface area contributed by atoms with Gasteiger partial charge in [-0.2, -0.15) is 0 Å². The molecule has 2 aromatic rings. The third-order valence-corrected chi connectivity index (χ3v) is 2.59. The summed E-state index contributed by atoms with van der Waals surface area (Å²) in [5, 5.41) is 16.1. The lowest BCUT2D eigenvalue weighted by Crippen LogP contribution is -1.99. The molecule has 0 amide bonds. The molecule has 1 heterocycles. The van der Waals surface area contributed by atoms with Crippen LogP contribution in [0, 0.1) is 0 Å². The van der Waals surface area contributed by atoms with Crippen LogP contribution in [0.25, 0.3) is 0 Å². The molecule has 1 aromatic heterocycles. The van der Waals surface area contributed by atoms with E-state index in [0.717, 1.165) is 12.0 Å². The number of carboxylic acid groups (broad SMARTS) is 1. The van der Waals surface area contributed by atoms with Gasteiger partial charge in [0.25, 0.3) is 0 Å². The second kappa shape index (κ2) is 4.78. The van der Waals surface area contributed by atoms with Crippen LogP contribution in [0.15, 0.2) is 24.3 Å². The van der Waals surface area contributed by atoms with Crippen molar-refractivity contribution in [2.75, 3.05) is 0 Å². The van der Waals surface area contributed by atoms with Crippen LogP contribution in [-0.2, 0) is 12.8 Å². The highest BCUT2D eigenvalue weighted by molar-refractivity contribution is 5.82.